The molecule has 1 aromatic heterocycles. The fourth-order valence-electron chi connectivity index (χ4n) is 5.53. The van der Waals surface area contributed by atoms with Gasteiger partial charge in [-0.1, -0.05) is 24.0 Å². The van der Waals surface area contributed by atoms with Gasteiger partial charge in [0.05, 0.1) is 6.04 Å². The summed E-state index contributed by atoms with van der Waals surface area (Å²) in [6, 6.07) is 12.7. The number of nitrogens with zero attached hydrogens (tertiary/aromatic N) is 2. The number of carbonyl (C=O) groups is 1. The van der Waals surface area contributed by atoms with E-state index in [0.29, 0.717) is 34.8 Å². The summed E-state index contributed by atoms with van der Waals surface area (Å²) < 4.78 is 27.6. The molecule has 5 nitrogen and oxygen atoms in total. The zero-order valence-electron chi connectivity index (χ0n) is 20.8. The molecular formula is C30H29F2N3O2. The van der Waals surface area contributed by atoms with Crippen LogP contribution in [0.4, 0.5) is 8.78 Å². The molecule has 2 saturated heterocycles. The Kier molecular flexibility index (Phi) is 6.94. The van der Waals surface area contributed by atoms with Crippen LogP contribution in [0, 0.1) is 36.3 Å². The van der Waals surface area contributed by atoms with Gasteiger partial charge in [0.1, 0.15) is 23.1 Å². The average molecular weight is 502 g/mol. The van der Waals surface area contributed by atoms with Gasteiger partial charge in [-0.05, 0) is 87.7 Å². The highest BCUT2D eigenvalue weighted by Gasteiger charge is 2.37. The molecule has 2 aromatic carbocycles. The number of hydrogen-bond donors (Lipinski definition) is 2. The lowest BCUT2D eigenvalue weighted by molar-refractivity contribution is 0.0937. The summed E-state index contributed by atoms with van der Waals surface area (Å²) in [5.41, 5.74) is 2.16. The highest BCUT2D eigenvalue weighted by molar-refractivity contribution is 5.93. The lowest BCUT2D eigenvalue weighted by atomic mass is 9.91. The summed E-state index contributed by atoms with van der Waals surface area (Å²) in [6.07, 6.45) is 4.59. The van der Waals surface area contributed by atoms with Crippen molar-refractivity contribution in [2.75, 3.05) is 7.05 Å². The predicted octanol–water partition coefficient (Wildman–Crippen LogP) is 5.12. The van der Waals surface area contributed by atoms with Crippen molar-refractivity contribution in [3.8, 4) is 17.6 Å². The van der Waals surface area contributed by atoms with Crippen molar-refractivity contribution in [2.24, 2.45) is 5.92 Å². The molecule has 5 rings (SSSR count). The van der Waals surface area contributed by atoms with E-state index in [4.69, 9.17) is 0 Å². The van der Waals surface area contributed by atoms with Gasteiger partial charge in [0, 0.05) is 34.8 Å². The zero-order valence-corrected chi connectivity index (χ0v) is 20.8. The van der Waals surface area contributed by atoms with Gasteiger partial charge < -0.3 is 15.3 Å². The molecule has 0 spiro atoms. The van der Waals surface area contributed by atoms with Gasteiger partial charge in [0.25, 0.3) is 5.91 Å². The number of benzene rings is 2. The molecule has 2 N–H and O–H groups in total. The molecule has 2 bridgehead atoms. The first-order chi connectivity index (χ1) is 17.8. The quantitative estimate of drug-likeness (QED) is 0.488. The molecule has 3 heterocycles. The number of pyridine rings is 1. The molecule has 3 aromatic rings. The van der Waals surface area contributed by atoms with E-state index in [9.17, 15) is 18.7 Å². The number of aromatic hydroxyl groups is 1. The van der Waals surface area contributed by atoms with Gasteiger partial charge in [-0.3, -0.25) is 4.79 Å². The summed E-state index contributed by atoms with van der Waals surface area (Å²) >= 11 is 0. The molecule has 2 fully saturated rings. The number of carbonyl (C=O) groups excluding carboxylic acids is 1. The fraction of sp³-hybridized carbons (Fsp3) is 0.333. The van der Waals surface area contributed by atoms with Crippen molar-refractivity contribution in [2.45, 2.75) is 50.7 Å². The number of halogens is 2. The number of aryl methyl sites for hydroxylation is 1. The van der Waals surface area contributed by atoms with Crippen LogP contribution in [0.15, 0.2) is 54.6 Å². The summed E-state index contributed by atoms with van der Waals surface area (Å²) in [5, 5.41) is 13.2. The number of amides is 1. The number of rotatable bonds is 4. The first-order valence-electron chi connectivity index (χ1n) is 12.5. The third-order valence-electron chi connectivity index (χ3n) is 7.48. The van der Waals surface area contributed by atoms with E-state index in [0.717, 1.165) is 25.0 Å². The molecular weight excluding hydrogens is 472 g/mol. The number of fused-ring (bicyclic) bond motifs is 2. The first-order valence-corrected chi connectivity index (χ1v) is 12.5. The van der Waals surface area contributed by atoms with Gasteiger partial charge in [-0.25, -0.2) is 13.8 Å². The maximum atomic E-state index is 14.1. The Morgan fingerprint density at radius 1 is 1.05 bits per heavy atom. The molecule has 2 aliphatic heterocycles. The maximum Gasteiger partial charge on any atom is 0.270 e. The average Bonchev–Trinajstić information content (AvgIpc) is 3.08. The largest absolute Gasteiger partial charge is 0.508 e. The molecule has 1 amide bonds. The smallest absolute Gasteiger partial charge is 0.270 e. The van der Waals surface area contributed by atoms with Crippen LogP contribution in [-0.4, -0.2) is 40.0 Å². The van der Waals surface area contributed by atoms with E-state index in [2.05, 4.69) is 34.1 Å². The van der Waals surface area contributed by atoms with Crippen LogP contribution in [-0.2, 0) is 0 Å². The third kappa shape index (κ3) is 5.50. The van der Waals surface area contributed by atoms with Crippen LogP contribution >= 0.6 is 0 Å². The minimum absolute atomic E-state index is 0.157. The Labute approximate surface area is 215 Å². The second-order valence-electron chi connectivity index (χ2n) is 10.0. The van der Waals surface area contributed by atoms with Gasteiger partial charge in [-0.2, -0.15) is 0 Å². The molecule has 0 saturated carbocycles. The van der Waals surface area contributed by atoms with E-state index < -0.39 is 23.6 Å². The van der Waals surface area contributed by atoms with E-state index in [1.807, 2.05) is 6.07 Å². The molecule has 2 unspecified atom stereocenters. The van der Waals surface area contributed by atoms with E-state index >= 15 is 0 Å². The van der Waals surface area contributed by atoms with Gasteiger partial charge in [0.15, 0.2) is 0 Å². The van der Waals surface area contributed by atoms with Crippen molar-refractivity contribution >= 4 is 5.91 Å². The lowest BCUT2D eigenvalue weighted by Gasteiger charge is -2.34. The minimum atomic E-state index is -0.921. The third-order valence-corrected chi connectivity index (χ3v) is 7.48. The van der Waals surface area contributed by atoms with Crippen LogP contribution in [0.3, 0.4) is 0 Å². The first kappa shape index (κ1) is 24.9. The maximum absolute atomic E-state index is 14.1. The molecule has 0 radical (unpaired) electrons. The Morgan fingerprint density at radius 2 is 1.73 bits per heavy atom. The number of aromatic nitrogens is 1. The summed E-state index contributed by atoms with van der Waals surface area (Å²) in [4.78, 5) is 20.2. The number of phenols is 1. The zero-order chi connectivity index (χ0) is 26.1. The van der Waals surface area contributed by atoms with Crippen molar-refractivity contribution in [3.05, 3.63) is 94.3 Å². The van der Waals surface area contributed by atoms with Crippen molar-refractivity contribution < 1.29 is 18.7 Å². The van der Waals surface area contributed by atoms with Gasteiger partial charge in [0.2, 0.25) is 0 Å². The Bertz CT molecular complexity index is 1370. The SMILES string of the molecule is Cc1cc(C#CC2C[C@H]3CC[C@@H](C2)N3C)cc(C(=O)NC(c2ccc(F)cc2)c2cc(F)ccc2O)n1. The molecule has 4 atom stereocenters. The molecule has 190 valence electrons. The second kappa shape index (κ2) is 10.3. The van der Waals surface area contributed by atoms with Crippen molar-refractivity contribution in [1.29, 1.82) is 0 Å². The lowest BCUT2D eigenvalue weighted by Crippen LogP contribution is -2.39. The monoisotopic (exact) mass is 501 g/mol. The Balaban J connectivity index is 1.40. The number of phenolic OH excluding ortho intramolecular Hbond substituents is 1. The van der Waals surface area contributed by atoms with Crippen LogP contribution in [0.1, 0.15) is 64.6 Å². The molecule has 37 heavy (non-hydrogen) atoms. The minimum Gasteiger partial charge on any atom is -0.508 e. The summed E-state index contributed by atoms with van der Waals surface area (Å²) in [6.45, 7) is 1.80. The van der Waals surface area contributed by atoms with Crippen molar-refractivity contribution in [1.82, 2.24) is 15.2 Å². The Hall–Kier alpha value is -3.76. The molecule has 7 heteroatoms. The topological polar surface area (TPSA) is 65.5 Å². The van der Waals surface area contributed by atoms with E-state index in [1.54, 1.807) is 13.0 Å². The normalized spacial score (nSPS) is 21.7. The Morgan fingerprint density at radius 3 is 2.43 bits per heavy atom. The summed E-state index contributed by atoms with van der Waals surface area (Å²) in [5.74, 6) is 5.29. The standard InChI is InChI=1S/C30H29F2N3O2/c1-18-13-19(3-4-20-14-24-10-11-25(15-20)35(24)2)16-27(33-18)30(37)34-29(21-5-7-22(31)8-6-21)26-17-23(32)9-12-28(26)36/h5-9,12-13,16-17,20,24-25,29,36H,10-11,14-15H2,1-2H3,(H,34,37)/t20?,24-,25+,29?. The van der Waals surface area contributed by atoms with Crippen LogP contribution in [0.5, 0.6) is 5.75 Å². The molecule has 0 aliphatic carbocycles. The van der Waals surface area contributed by atoms with Gasteiger partial charge in [-0.15, -0.1) is 0 Å². The van der Waals surface area contributed by atoms with Crippen LogP contribution < -0.4 is 5.32 Å². The number of hydrogen-bond acceptors (Lipinski definition) is 4. The van der Waals surface area contributed by atoms with Crippen molar-refractivity contribution in [3.63, 3.8) is 0 Å². The highest BCUT2D eigenvalue weighted by Crippen LogP contribution is 2.37. The number of piperidine rings is 1. The van der Waals surface area contributed by atoms with Crippen LogP contribution in [0.25, 0.3) is 0 Å². The van der Waals surface area contributed by atoms with Gasteiger partial charge >= 0.3 is 0 Å². The predicted molar refractivity (Wildman–Crippen MR) is 137 cm³/mol. The molecule has 2 aliphatic rings. The summed E-state index contributed by atoms with van der Waals surface area (Å²) in [7, 11) is 2.20. The second-order valence-corrected chi connectivity index (χ2v) is 10.0. The van der Waals surface area contributed by atoms with Crippen LogP contribution in [0.2, 0.25) is 0 Å². The number of nitrogens with one attached hydrogen (secondary N) is 1. The van der Waals surface area contributed by atoms with E-state index in [-0.39, 0.29) is 17.0 Å². The van der Waals surface area contributed by atoms with E-state index in [1.165, 1.54) is 43.2 Å². The fourth-order valence-corrected chi connectivity index (χ4v) is 5.53. The highest BCUT2D eigenvalue weighted by atomic mass is 19.1.